The summed E-state index contributed by atoms with van der Waals surface area (Å²) in [5, 5.41) is 8.81. The molecule has 1 aromatic rings. The second kappa shape index (κ2) is 7.78. The summed E-state index contributed by atoms with van der Waals surface area (Å²) in [6.45, 7) is 1.20. The minimum Gasteiger partial charge on any atom is -0.353 e. The van der Waals surface area contributed by atoms with Crippen LogP contribution in [0.2, 0.25) is 0 Å². The van der Waals surface area contributed by atoms with E-state index < -0.39 is 0 Å². The molecule has 0 spiro atoms. The minimum atomic E-state index is -0.110. The normalized spacial score (nSPS) is 13.8. The quantitative estimate of drug-likeness (QED) is 0.664. The standard InChI is InChI=1S/C16H23N3O2/c1-17-10-8-12-4-2-3-5-14(12)16(21)18-11-9-15(20)19-13-6-7-13/h2-5,13,17H,6-11H2,1H3,(H,18,21)(H,19,20). The number of likely N-dealkylation sites (N-methyl/N-ethyl adjacent to an activating group) is 1. The van der Waals surface area contributed by atoms with E-state index in [1.54, 1.807) is 0 Å². The molecular weight excluding hydrogens is 266 g/mol. The van der Waals surface area contributed by atoms with Crippen LogP contribution in [0.4, 0.5) is 0 Å². The van der Waals surface area contributed by atoms with Gasteiger partial charge < -0.3 is 16.0 Å². The first-order valence-corrected chi connectivity index (χ1v) is 7.50. The van der Waals surface area contributed by atoms with Gasteiger partial charge in [0.2, 0.25) is 5.91 Å². The molecule has 1 aliphatic rings. The third kappa shape index (κ3) is 5.19. The molecule has 1 aromatic carbocycles. The van der Waals surface area contributed by atoms with Gasteiger partial charge >= 0.3 is 0 Å². The van der Waals surface area contributed by atoms with Crippen molar-refractivity contribution in [2.24, 2.45) is 0 Å². The molecule has 2 rings (SSSR count). The van der Waals surface area contributed by atoms with E-state index in [0.717, 1.165) is 31.4 Å². The SMILES string of the molecule is CNCCc1ccccc1C(=O)NCCC(=O)NC1CC1. The van der Waals surface area contributed by atoms with E-state index in [4.69, 9.17) is 0 Å². The zero-order chi connectivity index (χ0) is 15.1. The predicted molar refractivity (Wildman–Crippen MR) is 82.2 cm³/mol. The van der Waals surface area contributed by atoms with Gasteiger partial charge in [-0.3, -0.25) is 9.59 Å². The number of carbonyl (C=O) groups excluding carboxylic acids is 2. The van der Waals surface area contributed by atoms with Crippen molar-refractivity contribution in [3.8, 4) is 0 Å². The number of benzene rings is 1. The van der Waals surface area contributed by atoms with Crippen molar-refractivity contribution in [1.82, 2.24) is 16.0 Å². The Kier molecular flexibility index (Phi) is 5.75. The Bertz CT molecular complexity index is 498. The van der Waals surface area contributed by atoms with Crippen LogP contribution >= 0.6 is 0 Å². The van der Waals surface area contributed by atoms with E-state index >= 15 is 0 Å². The zero-order valence-corrected chi connectivity index (χ0v) is 12.4. The van der Waals surface area contributed by atoms with Gasteiger partial charge in [-0.25, -0.2) is 0 Å². The molecule has 3 N–H and O–H groups in total. The highest BCUT2D eigenvalue weighted by Gasteiger charge is 2.22. The predicted octanol–water partition coefficient (Wildman–Crippen LogP) is 0.847. The maximum absolute atomic E-state index is 12.2. The summed E-state index contributed by atoms with van der Waals surface area (Å²) in [5.74, 6) is -0.0952. The largest absolute Gasteiger partial charge is 0.353 e. The van der Waals surface area contributed by atoms with Crippen LogP contribution in [0.25, 0.3) is 0 Å². The molecule has 0 saturated heterocycles. The van der Waals surface area contributed by atoms with Gasteiger partial charge in [-0.05, 0) is 44.5 Å². The van der Waals surface area contributed by atoms with Gasteiger partial charge in [0.25, 0.3) is 5.91 Å². The Labute approximate surface area is 125 Å². The highest BCUT2D eigenvalue weighted by atomic mass is 16.2. The Morgan fingerprint density at radius 3 is 2.67 bits per heavy atom. The molecule has 0 heterocycles. The van der Waals surface area contributed by atoms with Gasteiger partial charge in [0, 0.05) is 24.6 Å². The number of rotatable bonds is 8. The van der Waals surface area contributed by atoms with Crippen LogP contribution in [0.1, 0.15) is 35.2 Å². The third-order valence-electron chi connectivity index (χ3n) is 3.49. The summed E-state index contributed by atoms with van der Waals surface area (Å²) in [6.07, 6.45) is 3.30. The monoisotopic (exact) mass is 289 g/mol. The second-order valence-corrected chi connectivity index (χ2v) is 5.36. The fraction of sp³-hybridized carbons (Fsp3) is 0.500. The first kappa shape index (κ1) is 15.5. The van der Waals surface area contributed by atoms with E-state index in [1.807, 2.05) is 31.3 Å². The molecule has 0 atom stereocenters. The topological polar surface area (TPSA) is 70.2 Å². The first-order valence-electron chi connectivity index (χ1n) is 7.50. The van der Waals surface area contributed by atoms with Gasteiger partial charge in [0.05, 0.1) is 0 Å². The highest BCUT2D eigenvalue weighted by Crippen LogP contribution is 2.18. The summed E-state index contributed by atoms with van der Waals surface area (Å²) in [4.78, 5) is 23.7. The van der Waals surface area contributed by atoms with E-state index in [-0.39, 0.29) is 11.8 Å². The zero-order valence-electron chi connectivity index (χ0n) is 12.4. The van der Waals surface area contributed by atoms with Crippen molar-refractivity contribution < 1.29 is 9.59 Å². The number of amides is 2. The number of hydrogen-bond donors (Lipinski definition) is 3. The molecule has 0 aliphatic heterocycles. The Hall–Kier alpha value is -1.88. The molecule has 114 valence electrons. The molecule has 1 aliphatic carbocycles. The molecule has 5 heteroatoms. The molecule has 1 saturated carbocycles. The molecule has 0 unspecified atom stereocenters. The average molecular weight is 289 g/mol. The van der Waals surface area contributed by atoms with Gasteiger partial charge in [-0.15, -0.1) is 0 Å². The first-order chi connectivity index (χ1) is 10.2. The number of carbonyl (C=O) groups is 2. The van der Waals surface area contributed by atoms with Crippen molar-refractivity contribution in [1.29, 1.82) is 0 Å². The number of hydrogen-bond acceptors (Lipinski definition) is 3. The minimum absolute atomic E-state index is 0.0151. The van der Waals surface area contributed by atoms with Crippen LogP contribution in [-0.2, 0) is 11.2 Å². The number of nitrogens with one attached hydrogen (secondary N) is 3. The summed E-state index contributed by atoms with van der Waals surface area (Å²) in [7, 11) is 1.89. The molecule has 2 amide bonds. The lowest BCUT2D eigenvalue weighted by atomic mass is 10.0. The van der Waals surface area contributed by atoms with Crippen LogP contribution in [0.5, 0.6) is 0 Å². The Morgan fingerprint density at radius 2 is 1.95 bits per heavy atom. The maximum Gasteiger partial charge on any atom is 0.251 e. The van der Waals surface area contributed by atoms with E-state index in [1.165, 1.54) is 0 Å². The van der Waals surface area contributed by atoms with Crippen molar-refractivity contribution >= 4 is 11.8 Å². The van der Waals surface area contributed by atoms with Gasteiger partial charge in [-0.1, -0.05) is 18.2 Å². The molecule has 0 bridgehead atoms. The molecule has 5 nitrogen and oxygen atoms in total. The van der Waals surface area contributed by atoms with Gasteiger partial charge in [-0.2, -0.15) is 0 Å². The summed E-state index contributed by atoms with van der Waals surface area (Å²) in [5.41, 5.74) is 1.71. The van der Waals surface area contributed by atoms with E-state index in [2.05, 4.69) is 16.0 Å². The molecular formula is C16H23N3O2. The highest BCUT2D eigenvalue weighted by molar-refractivity contribution is 5.95. The van der Waals surface area contributed by atoms with Crippen molar-refractivity contribution in [3.63, 3.8) is 0 Å². The lowest BCUT2D eigenvalue weighted by molar-refractivity contribution is -0.121. The van der Waals surface area contributed by atoms with Crippen LogP contribution in [0.15, 0.2) is 24.3 Å². The van der Waals surface area contributed by atoms with Crippen LogP contribution in [-0.4, -0.2) is 38.0 Å². The lowest BCUT2D eigenvalue weighted by Gasteiger charge is -2.10. The average Bonchev–Trinajstić information content (AvgIpc) is 3.29. The Morgan fingerprint density at radius 1 is 1.19 bits per heavy atom. The lowest BCUT2D eigenvalue weighted by Crippen LogP contribution is -2.32. The van der Waals surface area contributed by atoms with Crippen LogP contribution < -0.4 is 16.0 Å². The fourth-order valence-corrected chi connectivity index (χ4v) is 2.13. The van der Waals surface area contributed by atoms with E-state index in [9.17, 15) is 9.59 Å². The maximum atomic E-state index is 12.2. The van der Waals surface area contributed by atoms with Crippen LogP contribution in [0, 0.1) is 0 Å². The smallest absolute Gasteiger partial charge is 0.251 e. The van der Waals surface area contributed by atoms with Crippen molar-refractivity contribution in [3.05, 3.63) is 35.4 Å². The van der Waals surface area contributed by atoms with Gasteiger partial charge in [0.15, 0.2) is 0 Å². The summed E-state index contributed by atoms with van der Waals surface area (Å²) >= 11 is 0. The Balaban J connectivity index is 1.80. The summed E-state index contributed by atoms with van der Waals surface area (Å²) < 4.78 is 0. The van der Waals surface area contributed by atoms with Gasteiger partial charge in [0.1, 0.15) is 0 Å². The third-order valence-corrected chi connectivity index (χ3v) is 3.49. The molecule has 0 radical (unpaired) electrons. The molecule has 21 heavy (non-hydrogen) atoms. The summed E-state index contributed by atoms with van der Waals surface area (Å²) in [6, 6.07) is 7.95. The van der Waals surface area contributed by atoms with Crippen molar-refractivity contribution in [2.75, 3.05) is 20.1 Å². The van der Waals surface area contributed by atoms with Crippen molar-refractivity contribution in [2.45, 2.75) is 31.7 Å². The van der Waals surface area contributed by atoms with Crippen LogP contribution in [0.3, 0.4) is 0 Å². The molecule has 0 aromatic heterocycles. The fourth-order valence-electron chi connectivity index (χ4n) is 2.13. The van der Waals surface area contributed by atoms with E-state index in [0.29, 0.717) is 24.6 Å². The molecule has 1 fully saturated rings. The second-order valence-electron chi connectivity index (χ2n) is 5.36.